The predicted octanol–water partition coefficient (Wildman–Crippen LogP) is 6.33. The topological polar surface area (TPSA) is 97.6 Å². The van der Waals surface area contributed by atoms with Gasteiger partial charge in [0.1, 0.15) is 6.61 Å². The van der Waals surface area contributed by atoms with Crippen LogP contribution in [0, 0.1) is 0 Å². The summed E-state index contributed by atoms with van der Waals surface area (Å²) in [5.41, 5.74) is 2.92. The van der Waals surface area contributed by atoms with Crippen LogP contribution in [-0.4, -0.2) is 37.5 Å². The van der Waals surface area contributed by atoms with Crippen LogP contribution in [-0.2, 0) is 16.1 Å². The molecule has 2 heterocycles. The maximum atomic E-state index is 14.2. The van der Waals surface area contributed by atoms with Gasteiger partial charge < -0.3 is 23.7 Å². The molecule has 4 aromatic carbocycles. The molecular formula is C39H38N2O7S. The molecule has 49 heavy (non-hydrogen) atoms. The molecule has 9 nitrogen and oxygen atoms in total. The number of methoxy groups -OCH3 is 2. The highest BCUT2D eigenvalue weighted by molar-refractivity contribution is 7.07. The van der Waals surface area contributed by atoms with Gasteiger partial charge in [-0.25, -0.2) is 9.79 Å². The number of rotatable bonds is 11. The number of thiazole rings is 1. The Balaban J connectivity index is 1.37. The van der Waals surface area contributed by atoms with Crippen LogP contribution in [0.1, 0.15) is 50.4 Å². The van der Waals surface area contributed by atoms with Gasteiger partial charge in [0.2, 0.25) is 0 Å². The van der Waals surface area contributed by atoms with Crippen LogP contribution >= 0.6 is 11.3 Å². The molecule has 6 rings (SSSR count). The fourth-order valence-corrected chi connectivity index (χ4v) is 6.89. The minimum absolute atomic E-state index is 0.0708. The maximum absolute atomic E-state index is 14.2. The summed E-state index contributed by atoms with van der Waals surface area (Å²) < 4.78 is 30.8. The summed E-state index contributed by atoms with van der Waals surface area (Å²) in [6, 6.07) is 24.6. The number of carbonyl (C=O) groups excluding carboxylic acids is 1. The lowest BCUT2D eigenvalue weighted by Gasteiger charge is -2.25. The zero-order valence-corrected chi connectivity index (χ0v) is 29.1. The van der Waals surface area contributed by atoms with Crippen LogP contribution in [0.15, 0.2) is 99.9 Å². The van der Waals surface area contributed by atoms with E-state index in [1.54, 1.807) is 50.8 Å². The van der Waals surface area contributed by atoms with Gasteiger partial charge in [0, 0.05) is 0 Å². The number of ether oxygens (including phenoxy) is 5. The second kappa shape index (κ2) is 14.4. The third kappa shape index (κ3) is 6.96. The van der Waals surface area contributed by atoms with Gasteiger partial charge in [-0.1, -0.05) is 59.9 Å². The van der Waals surface area contributed by atoms with E-state index >= 15 is 0 Å². The van der Waals surface area contributed by atoms with E-state index in [1.807, 2.05) is 50.2 Å². The normalized spacial score (nSPS) is 14.4. The largest absolute Gasteiger partial charge is 0.493 e. The minimum Gasteiger partial charge on any atom is -0.493 e. The van der Waals surface area contributed by atoms with Crippen LogP contribution in [0.2, 0.25) is 0 Å². The van der Waals surface area contributed by atoms with Gasteiger partial charge in [0.05, 0.1) is 48.8 Å². The Morgan fingerprint density at radius 3 is 2.39 bits per heavy atom. The molecule has 10 heteroatoms. The lowest BCUT2D eigenvalue weighted by atomic mass is 9.95. The first-order chi connectivity index (χ1) is 23.7. The van der Waals surface area contributed by atoms with Crippen molar-refractivity contribution in [1.82, 2.24) is 4.57 Å². The molecule has 0 N–H and O–H groups in total. The highest BCUT2D eigenvalue weighted by atomic mass is 32.1. The molecule has 0 saturated heterocycles. The SMILES string of the molecule is CCOC(=O)C1=C(C)N=c2s/c(=C\c3ccc(OCc4ccc5ccccc5c4)c(OC)c3)c(=O)n2[C@H]1c1ccc(OC(C)C)c(OC)c1. The summed E-state index contributed by atoms with van der Waals surface area (Å²) in [4.78, 5) is 32.7. The van der Waals surface area contributed by atoms with E-state index in [9.17, 15) is 9.59 Å². The fourth-order valence-electron chi connectivity index (χ4n) is 5.85. The van der Waals surface area contributed by atoms with Crippen molar-refractivity contribution in [3.05, 3.63) is 127 Å². The van der Waals surface area contributed by atoms with Gasteiger partial charge >= 0.3 is 5.97 Å². The molecule has 1 aliphatic rings. The second-order valence-corrected chi connectivity index (χ2v) is 12.8. The molecule has 0 saturated carbocycles. The van der Waals surface area contributed by atoms with E-state index < -0.39 is 12.0 Å². The Morgan fingerprint density at radius 1 is 0.918 bits per heavy atom. The van der Waals surface area contributed by atoms with E-state index in [-0.39, 0.29) is 23.8 Å². The van der Waals surface area contributed by atoms with Crippen LogP contribution in [0.5, 0.6) is 23.0 Å². The zero-order valence-electron chi connectivity index (χ0n) is 28.3. The zero-order chi connectivity index (χ0) is 34.7. The molecule has 0 spiro atoms. The van der Waals surface area contributed by atoms with Crippen molar-refractivity contribution < 1.29 is 28.5 Å². The van der Waals surface area contributed by atoms with Gasteiger partial charge in [0.15, 0.2) is 27.8 Å². The fraction of sp³-hybridized carbons (Fsp3) is 0.256. The van der Waals surface area contributed by atoms with Crippen molar-refractivity contribution in [3.63, 3.8) is 0 Å². The first kappa shape index (κ1) is 33.5. The van der Waals surface area contributed by atoms with E-state index in [4.69, 9.17) is 23.7 Å². The Kier molecular flexibility index (Phi) is 9.87. The minimum atomic E-state index is -0.792. The molecule has 0 unspecified atom stereocenters. The van der Waals surface area contributed by atoms with Crippen molar-refractivity contribution in [3.8, 4) is 23.0 Å². The van der Waals surface area contributed by atoms with E-state index in [2.05, 4.69) is 35.3 Å². The monoisotopic (exact) mass is 678 g/mol. The number of fused-ring (bicyclic) bond motifs is 2. The molecule has 0 aliphatic carbocycles. The second-order valence-electron chi connectivity index (χ2n) is 11.8. The van der Waals surface area contributed by atoms with Crippen LogP contribution in [0.3, 0.4) is 0 Å². The Hall–Kier alpha value is -5.35. The quantitative estimate of drug-likeness (QED) is 0.151. The summed E-state index contributed by atoms with van der Waals surface area (Å²) in [7, 11) is 3.14. The molecule has 252 valence electrons. The summed E-state index contributed by atoms with van der Waals surface area (Å²) in [5, 5.41) is 2.32. The molecule has 5 aromatic rings. The molecule has 1 atom stereocenters. The third-order valence-electron chi connectivity index (χ3n) is 8.08. The molecule has 1 aromatic heterocycles. The number of aromatic nitrogens is 1. The van der Waals surface area contributed by atoms with Crippen LogP contribution in [0.4, 0.5) is 0 Å². The maximum Gasteiger partial charge on any atom is 0.338 e. The highest BCUT2D eigenvalue weighted by Crippen LogP contribution is 2.37. The van der Waals surface area contributed by atoms with Crippen molar-refractivity contribution in [2.75, 3.05) is 20.8 Å². The number of allylic oxidation sites excluding steroid dienone is 1. The van der Waals surface area contributed by atoms with Gasteiger partial charge in [0.25, 0.3) is 5.56 Å². The highest BCUT2D eigenvalue weighted by Gasteiger charge is 2.34. The van der Waals surface area contributed by atoms with Crippen molar-refractivity contribution in [2.24, 2.45) is 4.99 Å². The van der Waals surface area contributed by atoms with Crippen LogP contribution < -0.4 is 33.8 Å². The molecule has 1 aliphatic heterocycles. The Labute approximate surface area is 288 Å². The van der Waals surface area contributed by atoms with E-state index in [0.717, 1.165) is 16.5 Å². The van der Waals surface area contributed by atoms with Gasteiger partial charge in [-0.2, -0.15) is 0 Å². The van der Waals surface area contributed by atoms with Crippen molar-refractivity contribution in [1.29, 1.82) is 0 Å². The van der Waals surface area contributed by atoms with Crippen LogP contribution in [0.25, 0.3) is 16.8 Å². The Bertz CT molecular complexity index is 2250. The molecular weight excluding hydrogens is 641 g/mol. The summed E-state index contributed by atoms with van der Waals surface area (Å²) in [6.07, 6.45) is 1.72. The lowest BCUT2D eigenvalue weighted by molar-refractivity contribution is -0.139. The van der Waals surface area contributed by atoms with Gasteiger partial charge in [-0.05, 0) is 91.6 Å². The van der Waals surface area contributed by atoms with E-state index in [1.165, 1.54) is 16.7 Å². The average Bonchev–Trinajstić information content (AvgIpc) is 3.40. The first-order valence-electron chi connectivity index (χ1n) is 16.0. The molecule has 0 bridgehead atoms. The average molecular weight is 679 g/mol. The number of esters is 1. The lowest BCUT2D eigenvalue weighted by Crippen LogP contribution is -2.40. The number of hydrogen-bond donors (Lipinski definition) is 0. The van der Waals surface area contributed by atoms with E-state index in [0.29, 0.717) is 50.2 Å². The third-order valence-corrected chi connectivity index (χ3v) is 9.06. The summed E-state index contributed by atoms with van der Waals surface area (Å²) in [5.74, 6) is 1.64. The number of benzene rings is 4. The van der Waals surface area contributed by atoms with Gasteiger partial charge in [-0.15, -0.1) is 0 Å². The standard InChI is InChI=1S/C39H38N2O7S/c1-7-46-38(43)35-24(4)40-39-41(36(35)29-15-17-31(48-23(2)3)33(21-29)45-6)37(42)34(49-39)20-25-13-16-30(32(19-25)44-5)47-22-26-12-14-27-10-8-9-11-28(27)18-26/h8-21,23,36H,7,22H2,1-6H3/b34-20-/t36-/m0/s1. The first-order valence-corrected chi connectivity index (χ1v) is 16.8. The number of hydrogen-bond acceptors (Lipinski definition) is 9. The number of nitrogens with zero attached hydrogens (tertiary/aromatic N) is 2. The summed E-state index contributed by atoms with van der Waals surface area (Å²) in [6.45, 7) is 7.91. The summed E-state index contributed by atoms with van der Waals surface area (Å²) >= 11 is 1.25. The smallest absolute Gasteiger partial charge is 0.338 e. The number of carbonyl (C=O) groups is 1. The molecule has 0 fully saturated rings. The molecule has 0 radical (unpaired) electrons. The predicted molar refractivity (Wildman–Crippen MR) is 190 cm³/mol. The Morgan fingerprint density at radius 2 is 1.65 bits per heavy atom. The molecule has 0 amide bonds. The van der Waals surface area contributed by atoms with Crippen molar-refractivity contribution in [2.45, 2.75) is 46.4 Å². The van der Waals surface area contributed by atoms with Crippen molar-refractivity contribution >= 4 is 34.2 Å². The van der Waals surface area contributed by atoms with Gasteiger partial charge in [-0.3, -0.25) is 9.36 Å².